The first-order valence-corrected chi connectivity index (χ1v) is 7.20. The molecule has 1 atom stereocenters. The number of rotatable bonds is 8. The van der Waals surface area contributed by atoms with E-state index in [1.165, 1.54) is 0 Å². The number of nitrogens with zero attached hydrogens (tertiary/aromatic N) is 1. The van der Waals surface area contributed by atoms with Gasteiger partial charge in [0, 0.05) is 38.3 Å². The molecule has 0 radical (unpaired) electrons. The van der Waals surface area contributed by atoms with Crippen molar-refractivity contribution in [1.82, 2.24) is 5.32 Å². The Morgan fingerprint density at radius 1 is 1.33 bits per heavy atom. The third-order valence-electron chi connectivity index (χ3n) is 3.00. The van der Waals surface area contributed by atoms with Gasteiger partial charge in [-0.15, -0.1) is 0 Å². The molecule has 0 aliphatic rings. The maximum atomic E-state index is 11.4. The first kappa shape index (κ1) is 19.6. The highest BCUT2D eigenvalue weighted by Crippen LogP contribution is 2.22. The molecule has 0 saturated carbocycles. The highest BCUT2D eigenvalue weighted by Gasteiger charge is 2.33. The fourth-order valence-electron chi connectivity index (χ4n) is 1.93. The smallest absolute Gasteiger partial charge is 0.407 e. The summed E-state index contributed by atoms with van der Waals surface area (Å²) in [5.74, 6) is -0.147. The molecule has 0 rings (SSSR count). The number of nitrogens with one attached hydrogen (secondary N) is 1. The molecule has 124 valence electrons. The highest BCUT2D eigenvalue weighted by atomic mass is 16.6. The summed E-state index contributed by atoms with van der Waals surface area (Å²) in [5.41, 5.74) is -1.58. The van der Waals surface area contributed by atoms with Crippen LogP contribution in [0.25, 0.3) is 0 Å². The molecule has 0 spiro atoms. The molecule has 0 aliphatic heterocycles. The largest absolute Gasteiger partial charge is 0.444 e. The molecule has 0 saturated heterocycles. The molecule has 0 aliphatic carbocycles. The number of hydrogen-bond donors (Lipinski definition) is 2. The molecule has 0 aromatic carbocycles. The molecule has 0 unspecified atom stereocenters. The highest BCUT2D eigenvalue weighted by molar-refractivity contribution is 5.67. The lowest BCUT2D eigenvalue weighted by atomic mass is 9.88. The molecule has 0 heterocycles. The van der Waals surface area contributed by atoms with Gasteiger partial charge in [0.05, 0.1) is 0 Å². The number of aliphatic hydroxyl groups excluding tert-OH is 1. The third-order valence-corrected chi connectivity index (χ3v) is 3.00. The van der Waals surface area contributed by atoms with Gasteiger partial charge in [-0.05, 0) is 39.5 Å². The normalized spacial score (nSPS) is 13.6. The summed E-state index contributed by atoms with van der Waals surface area (Å²) in [4.78, 5) is 22.0. The topological polar surface area (TPSA) is 102 Å². The quantitative estimate of drug-likeness (QED) is 0.407. The van der Waals surface area contributed by atoms with Gasteiger partial charge in [0.15, 0.2) is 0 Å². The van der Waals surface area contributed by atoms with Crippen LogP contribution in [0.15, 0.2) is 0 Å². The number of alkyl carbamates (subject to hydrolysis) is 1. The van der Waals surface area contributed by atoms with Crippen LogP contribution >= 0.6 is 0 Å². The van der Waals surface area contributed by atoms with Gasteiger partial charge in [-0.1, -0.05) is 0 Å². The standard InChI is InChI=1S/C14H28N2O5/c1-13(2,3)21-12(18)15-8-6-7-11(10-17)9-14(4,5)16(19)20/h11,17H,6-10H2,1-5H3,(H,15,18)/t11-/m1/s1. The second kappa shape index (κ2) is 8.17. The van der Waals surface area contributed by atoms with Crippen LogP contribution in [0.1, 0.15) is 53.9 Å². The van der Waals surface area contributed by atoms with Gasteiger partial charge in [0.2, 0.25) is 5.54 Å². The maximum absolute atomic E-state index is 11.4. The number of nitro groups is 1. The lowest BCUT2D eigenvalue weighted by molar-refractivity contribution is -0.563. The zero-order valence-electron chi connectivity index (χ0n) is 13.6. The van der Waals surface area contributed by atoms with Crippen molar-refractivity contribution >= 4 is 6.09 Å². The first-order valence-electron chi connectivity index (χ1n) is 7.20. The van der Waals surface area contributed by atoms with Crippen molar-refractivity contribution in [3.8, 4) is 0 Å². The lowest BCUT2D eigenvalue weighted by Gasteiger charge is -2.22. The predicted octanol–water partition coefficient (Wildman–Crippen LogP) is 2.35. The van der Waals surface area contributed by atoms with Gasteiger partial charge in [0.1, 0.15) is 5.60 Å². The average Bonchev–Trinajstić information content (AvgIpc) is 2.30. The van der Waals surface area contributed by atoms with Crippen molar-refractivity contribution in [3.63, 3.8) is 0 Å². The van der Waals surface area contributed by atoms with Gasteiger partial charge in [-0.2, -0.15) is 0 Å². The zero-order valence-corrected chi connectivity index (χ0v) is 13.6. The molecule has 2 N–H and O–H groups in total. The molecule has 1 amide bonds. The van der Waals surface area contributed by atoms with Gasteiger partial charge >= 0.3 is 6.09 Å². The summed E-state index contributed by atoms with van der Waals surface area (Å²) < 4.78 is 5.09. The second-order valence-electron chi connectivity index (χ2n) is 6.89. The van der Waals surface area contributed by atoms with Gasteiger partial charge in [0.25, 0.3) is 0 Å². The maximum Gasteiger partial charge on any atom is 0.407 e. The number of aliphatic hydroxyl groups is 1. The Balaban J connectivity index is 4.04. The fourth-order valence-corrected chi connectivity index (χ4v) is 1.93. The van der Waals surface area contributed by atoms with Crippen LogP contribution in [0, 0.1) is 16.0 Å². The molecule has 0 bridgehead atoms. The van der Waals surface area contributed by atoms with Crippen molar-refractivity contribution in [2.45, 2.75) is 65.0 Å². The van der Waals surface area contributed by atoms with Crippen molar-refractivity contribution in [2.75, 3.05) is 13.2 Å². The van der Waals surface area contributed by atoms with E-state index in [-0.39, 0.29) is 17.4 Å². The molecule has 7 nitrogen and oxygen atoms in total. The van der Waals surface area contributed by atoms with Crippen LogP contribution in [-0.2, 0) is 4.74 Å². The Morgan fingerprint density at radius 2 is 1.90 bits per heavy atom. The summed E-state index contributed by atoms with van der Waals surface area (Å²) in [6, 6.07) is 0. The van der Waals surface area contributed by atoms with Gasteiger partial charge < -0.3 is 15.2 Å². The van der Waals surface area contributed by atoms with E-state index in [2.05, 4.69) is 5.32 Å². The van der Waals surface area contributed by atoms with E-state index in [1.807, 2.05) is 0 Å². The number of ether oxygens (including phenoxy) is 1. The van der Waals surface area contributed by atoms with Crippen molar-refractivity contribution < 1.29 is 19.6 Å². The molecule has 0 aromatic rings. The number of carbonyl (C=O) groups excluding carboxylic acids is 1. The Morgan fingerprint density at radius 3 is 2.33 bits per heavy atom. The summed E-state index contributed by atoms with van der Waals surface area (Å²) in [7, 11) is 0. The van der Waals surface area contributed by atoms with E-state index in [0.29, 0.717) is 25.8 Å². The molecule has 0 aromatic heterocycles. The third kappa shape index (κ3) is 9.23. The SMILES string of the molecule is CC(C)(C)OC(=O)NCCC[C@@H](CO)CC(C)(C)[N+](=O)[O-]. The van der Waals surface area contributed by atoms with Crippen LogP contribution in [0.3, 0.4) is 0 Å². The molecular weight excluding hydrogens is 276 g/mol. The molecule has 21 heavy (non-hydrogen) atoms. The van der Waals surface area contributed by atoms with E-state index in [9.17, 15) is 20.0 Å². The monoisotopic (exact) mass is 304 g/mol. The summed E-state index contributed by atoms with van der Waals surface area (Å²) in [6.07, 6.45) is 1.08. The van der Waals surface area contributed by atoms with Crippen molar-refractivity contribution in [2.24, 2.45) is 5.92 Å². The number of carbonyl (C=O) groups is 1. The van der Waals surface area contributed by atoms with Crippen LogP contribution in [0.4, 0.5) is 4.79 Å². The minimum Gasteiger partial charge on any atom is -0.444 e. The Kier molecular flexibility index (Phi) is 7.63. The average molecular weight is 304 g/mol. The van der Waals surface area contributed by atoms with Crippen LogP contribution in [-0.4, -0.2) is 40.4 Å². The second-order valence-corrected chi connectivity index (χ2v) is 6.89. The van der Waals surface area contributed by atoms with E-state index in [1.54, 1.807) is 34.6 Å². The Bertz CT molecular complexity index is 350. The number of amides is 1. The lowest BCUT2D eigenvalue weighted by Crippen LogP contribution is -2.35. The summed E-state index contributed by atoms with van der Waals surface area (Å²) in [5, 5.41) is 22.8. The van der Waals surface area contributed by atoms with E-state index < -0.39 is 17.2 Å². The number of hydrogen-bond acceptors (Lipinski definition) is 5. The zero-order chi connectivity index (χ0) is 16.7. The Hall–Kier alpha value is -1.37. The van der Waals surface area contributed by atoms with Crippen LogP contribution < -0.4 is 5.32 Å². The molecule has 0 fully saturated rings. The van der Waals surface area contributed by atoms with Crippen molar-refractivity contribution in [1.29, 1.82) is 0 Å². The van der Waals surface area contributed by atoms with Crippen molar-refractivity contribution in [3.05, 3.63) is 10.1 Å². The van der Waals surface area contributed by atoms with Gasteiger partial charge in [-0.3, -0.25) is 10.1 Å². The van der Waals surface area contributed by atoms with E-state index in [4.69, 9.17) is 4.74 Å². The minimum atomic E-state index is -1.05. The summed E-state index contributed by atoms with van der Waals surface area (Å²) >= 11 is 0. The predicted molar refractivity (Wildman–Crippen MR) is 79.7 cm³/mol. The Labute approximate surface area is 126 Å². The summed E-state index contributed by atoms with van der Waals surface area (Å²) in [6.45, 7) is 8.79. The van der Waals surface area contributed by atoms with E-state index in [0.717, 1.165) is 0 Å². The molecular formula is C14H28N2O5. The minimum absolute atomic E-state index is 0.0935. The first-order chi connectivity index (χ1) is 9.48. The van der Waals surface area contributed by atoms with Crippen LogP contribution in [0.2, 0.25) is 0 Å². The fraction of sp³-hybridized carbons (Fsp3) is 0.929. The van der Waals surface area contributed by atoms with E-state index >= 15 is 0 Å². The van der Waals surface area contributed by atoms with Gasteiger partial charge in [-0.25, -0.2) is 4.79 Å². The van der Waals surface area contributed by atoms with Crippen LogP contribution in [0.5, 0.6) is 0 Å². The molecule has 7 heteroatoms.